The van der Waals surface area contributed by atoms with Gasteiger partial charge < -0.3 is 24.8 Å². The molecule has 1 aliphatic rings. The van der Waals surface area contributed by atoms with Crippen molar-refractivity contribution >= 4 is 50.3 Å². The molecule has 2 aromatic heterocycles. The summed E-state index contributed by atoms with van der Waals surface area (Å²) in [7, 11) is -1.99. The maximum absolute atomic E-state index is 13.2. The molecule has 0 saturated carbocycles. The number of methoxy groups -OCH3 is 1. The highest BCUT2D eigenvalue weighted by Gasteiger charge is 2.32. The average Bonchev–Trinajstić information content (AvgIpc) is 3.46. The first-order valence-electron chi connectivity index (χ1n) is 11.6. The van der Waals surface area contributed by atoms with E-state index in [0.717, 1.165) is 16.1 Å². The molecular weight excluding hydrogens is 554 g/mol. The Hall–Kier alpha value is -3.19. The second kappa shape index (κ2) is 11.7. The third-order valence-electron chi connectivity index (χ3n) is 5.78. The molecule has 0 spiro atoms. The van der Waals surface area contributed by atoms with Crippen LogP contribution in [0.5, 0.6) is 11.5 Å². The van der Waals surface area contributed by atoms with E-state index in [1.165, 1.54) is 25.4 Å². The summed E-state index contributed by atoms with van der Waals surface area (Å²) in [5, 5.41) is 0.541. The average molecular weight is 580 g/mol. The maximum atomic E-state index is 13.2. The summed E-state index contributed by atoms with van der Waals surface area (Å²) >= 11 is 7.30. The van der Waals surface area contributed by atoms with Gasteiger partial charge in [-0.25, -0.2) is 8.42 Å². The summed E-state index contributed by atoms with van der Waals surface area (Å²) in [6, 6.07) is 10.5. The Morgan fingerprint density at radius 1 is 1.24 bits per heavy atom. The number of sulfone groups is 1. The highest BCUT2D eigenvalue weighted by molar-refractivity contribution is 7.91. The fourth-order valence-corrected chi connectivity index (χ4v) is 6.00. The van der Waals surface area contributed by atoms with Gasteiger partial charge in [-0.3, -0.25) is 14.6 Å². The van der Waals surface area contributed by atoms with Gasteiger partial charge in [0.2, 0.25) is 0 Å². The molecule has 3 heterocycles. The second-order valence-electron chi connectivity index (χ2n) is 8.38. The molecule has 3 aromatic rings. The van der Waals surface area contributed by atoms with Gasteiger partial charge in [0, 0.05) is 23.7 Å². The highest BCUT2D eigenvalue weighted by atomic mass is 35.5. The highest BCUT2D eigenvalue weighted by Crippen LogP contribution is 2.40. The summed E-state index contributed by atoms with van der Waals surface area (Å²) in [5.41, 5.74) is 7.55. The van der Waals surface area contributed by atoms with Crippen molar-refractivity contribution in [2.24, 2.45) is 5.73 Å². The molecule has 0 radical (unpaired) electrons. The third-order valence-corrected chi connectivity index (χ3v) is 8.96. The van der Waals surface area contributed by atoms with Gasteiger partial charge in [-0.2, -0.15) is 0 Å². The van der Waals surface area contributed by atoms with Crippen molar-refractivity contribution in [2.45, 2.75) is 19.6 Å². The lowest BCUT2D eigenvalue weighted by atomic mass is 10.2. The zero-order valence-corrected chi connectivity index (χ0v) is 23.1. The van der Waals surface area contributed by atoms with Crippen molar-refractivity contribution < 1.29 is 32.2 Å². The van der Waals surface area contributed by atoms with E-state index < -0.39 is 27.7 Å². The van der Waals surface area contributed by atoms with E-state index in [0.29, 0.717) is 33.6 Å². The number of pyridine rings is 1. The van der Waals surface area contributed by atoms with Crippen molar-refractivity contribution in [3.05, 3.63) is 58.1 Å². The Bertz CT molecular complexity index is 1440. The first kappa shape index (κ1) is 27.8. The monoisotopic (exact) mass is 579 g/mol. The summed E-state index contributed by atoms with van der Waals surface area (Å²) in [4.78, 5) is 32.3. The number of hydrogen-bond donors (Lipinski definition) is 1. The molecule has 1 amide bonds. The lowest BCUT2D eigenvalue weighted by Crippen LogP contribution is -2.35. The molecule has 1 atom stereocenters. The van der Waals surface area contributed by atoms with Gasteiger partial charge in [0.15, 0.2) is 21.3 Å². The third kappa shape index (κ3) is 6.26. The van der Waals surface area contributed by atoms with E-state index in [2.05, 4.69) is 4.98 Å². The fraction of sp³-hybridized carbons (Fsp3) is 0.320. The smallest absolute Gasteiger partial charge is 0.320 e. The molecule has 38 heavy (non-hydrogen) atoms. The second-order valence-corrected chi connectivity index (χ2v) is 12.3. The SMILES string of the molecule is CCS(=O)(=O)C[C@H](COc1ccc(N2Cc3cc(-c4ccc(Cl)cn4)sc3C2=O)cc1OC)OC(=O)CN. The predicted molar refractivity (Wildman–Crippen MR) is 145 cm³/mol. The van der Waals surface area contributed by atoms with Gasteiger partial charge in [-0.15, -0.1) is 11.3 Å². The van der Waals surface area contributed by atoms with Crippen LogP contribution in [-0.2, 0) is 25.9 Å². The molecular formula is C25H26ClN3O7S2. The lowest BCUT2D eigenvalue weighted by Gasteiger charge is -2.21. The predicted octanol–water partition coefficient (Wildman–Crippen LogP) is 3.32. The standard InChI is InChI=1S/C25H26ClN3O7S2/c1-3-38(32,33)14-18(36-23(30)10-27)13-35-20-7-5-17(9-21(20)34-2)29-12-15-8-22(37-24(15)25(29)31)19-6-4-16(26)11-28-19/h4-9,11,18H,3,10,12-14,27H2,1-2H3/t18-/m0/s1. The Kier molecular flexibility index (Phi) is 8.56. The molecule has 0 aliphatic carbocycles. The van der Waals surface area contributed by atoms with E-state index in [1.807, 2.05) is 12.1 Å². The number of rotatable bonds is 11. The van der Waals surface area contributed by atoms with Gasteiger partial charge in [0.05, 0.1) is 46.4 Å². The number of carbonyl (C=O) groups excluding carboxylic acids is 2. The molecule has 10 nitrogen and oxygen atoms in total. The molecule has 0 fully saturated rings. The number of benzene rings is 1. The van der Waals surface area contributed by atoms with Gasteiger partial charge in [-0.1, -0.05) is 18.5 Å². The van der Waals surface area contributed by atoms with E-state index in [9.17, 15) is 18.0 Å². The topological polar surface area (TPSA) is 138 Å². The Balaban J connectivity index is 1.48. The van der Waals surface area contributed by atoms with Crippen LogP contribution in [0.3, 0.4) is 0 Å². The van der Waals surface area contributed by atoms with Crippen molar-refractivity contribution in [1.82, 2.24) is 4.98 Å². The van der Waals surface area contributed by atoms with Crippen molar-refractivity contribution in [1.29, 1.82) is 0 Å². The number of nitrogens with zero attached hydrogens (tertiary/aromatic N) is 2. The summed E-state index contributed by atoms with van der Waals surface area (Å²) < 4.78 is 40.5. The number of halogens is 1. The quantitative estimate of drug-likeness (QED) is 0.339. The van der Waals surface area contributed by atoms with Crippen molar-refractivity contribution in [2.75, 3.05) is 36.7 Å². The number of thiophene rings is 1. The van der Waals surface area contributed by atoms with Crippen molar-refractivity contribution in [3.8, 4) is 22.1 Å². The summed E-state index contributed by atoms with van der Waals surface area (Å²) in [6.45, 7) is 1.29. The van der Waals surface area contributed by atoms with Crippen LogP contribution >= 0.6 is 22.9 Å². The van der Waals surface area contributed by atoms with Gasteiger partial charge >= 0.3 is 5.97 Å². The zero-order valence-electron chi connectivity index (χ0n) is 20.7. The minimum absolute atomic E-state index is 0.102. The maximum Gasteiger partial charge on any atom is 0.320 e. The van der Waals surface area contributed by atoms with Crippen LogP contribution in [0.4, 0.5) is 5.69 Å². The van der Waals surface area contributed by atoms with E-state index in [1.54, 1.807) is 35.4 Å². The number of nitrogens with two attached hydrogens (primary N) is 1. The van der Waals surface area contributed by atoms with E-state index in [-0.39, 0.29) is 24.8 Å². The van der Waals surface area contributed by atoms with E-state index in [4.69, 9.17) is 31.5 Å². The number of fused-ring (bicyclic) bond motifs is 1. The molecule has 202 valence electrons. The molecule has 2 N–H and O–H groups in total. The molecule has 0 saturated heterocycles. The Morgan fingerprint density at radius 2 is 2.03 bits per heavy atom. The number of amides is 1. The fourth-order valence-electron chi connectivity index (χ4n) is 3.83. The summed E-state index contributed by atoms with van der Waals surface area (Å²) in [6.07, 6.45) is 0.527. The number of hydrogen-bond acceptors (Lipinski definition) is 10. The first-order chi connectivity index (χ1) is 18.1. The Labute approximate surface area is 229 Å². The first-order valence-corrected chi connectivity index (χ1v) is 14.6. The minimum Gasteiger partial charge on any atom is -0.493 e. The lowest BCUT2D eigenvalue weighted by molar-refractivity contribution is -0.147. The van der Waals surface area contributed by atoms with Crippen LogP contribution in [-0.4, -0.2) is 63.1 Å². The normalized spacial score (nSPS) is 13.8. The molecule has 1 aliphatic heterocycles. The van der Waals surface area contributed by atoms with Crippen LogP contribution in [0.15, 0.2) is 42.6 Å². The number of anilines is 1. The zero-order chi connectivity index (χ0) is 27.4. The van der Waals surface area contributed by atoms with Crippen LogP contribution in [0, 0.1) is 0 Å². The Morgan fingerprint density at radius 3 is 2.66 bits per heavy atom. The van der Waals surface area contributed by atoms with Gasteiger partial charge in [0.25, 0.3) is 5.91 Å². The molecule has 13 heteroatoms. The molecule has 0 bridgehead atoms. The van der Waals surface area contributed by atoms with Crippen LogP contribution in [0.2, 0.25) is 5.02 Å². The number of esters is 1. The van der Waals surface area contributed by atoms with Crippen LogP contribution in [0.25, 0.3) is 10.6 Å². The number of ether oxygens (including phenoxy) is 3. The summed E-state index contributed by atoms with van der Waals surface area (Å²) in [5.74, 6) is -0.736. The van der Waals surface area contributed by atoms with Crippen LogP contribution in [0.1, 0.15) is 22.2 Å². The number of carbonyl (C=O) groups is 2. The van der Waals surface area contributed by atoms with Crippen LogP contribution < -0.4 is 20.1 Å². The molecule has 0 unspecified atom stereocenters. The molecule has 1 aromatic carbocycles. The van der Waals surface area contributed by atoms with E-state index >= 15 is 0 Å². The van der Waals surface area contributed by atoms with Gasteiger partial charge in [0.1, 0.15) is 12.7 Å². The minimum atomic E-state index is -3.44. The number of aromatic nitrogens is 1. The van der Waals surface area contributed by atoms with Crippen molar-refractivity contribution in [3.63, 3.8) is 0 Å². The largest absolute Gasteiger partial charge is 0.493 e. The van der Waals surface area contributed by atoms with Gasteiger partial charge in [-0.05, 0) is 35.9 Å². The molecule has 4 rings (SSSR count).